The van der Waals surface area contributed by atoms with Crippen molar-refractivity contribution >= 4 is 5.91 Å². The Morgan fingerprint density at radius 1 is 1.29 bits per heavy atom. The lowest BCUT2D eigenvalue weighted by atomic mass is 9.87. The highest BCUT2D eigenvalue weighted by Crippen LogP contribution is 2.20. The van der Waals surface area contributed by atoms with E-state index in [2.05, 4.69) is 5.32 Å². The summed E-state index contributed by atoms with van der Waals surface area (Å²) < 4.78 is 5.21. The summed E-state index contributed by atoms with van der Waals surface area (Å²) in [7, 11) is 0. The van der Waals surface area contributed by atoms with E-state index in [9.17, 15) is 4.79 Å². The van der Waals surface area contributed by atoms with Gasteiger partial charge in [0.25, 0.3) is 0 Å². The number of nitrogens with two attached hydrogens (primary N) is 1. The van der Waals surface area contributed by atoms with Crippen LogP contribution in [0.5, 0.6) is 0 Å². The monoisotopic (exact) mass is 198 g/mol. The van der Waals surface area contributed by atoms with Gasteiger partial charge in [0, 0.05) is 31.2 Å². The number of amides is 1. The Balaban J connectivity index is 1.71. The molecule has 4 nitrogen and oxygen atoms in total. The Bertz CT molecular complexity index is 208. The molecule has 0 spiro atoms. The zero-order chi connectivity index (χ0) is 9.97. The number of rotatable bonds is 2. The molecule has 0 radical (unpaired) electrons. The van der Waals surface area contributed by atoms with Crippen LogP contribution >= 0.6 is 0 Å². The van der Waals surface area contributed by atoms with Crippen molar-refractivity contribution in [2.75, 3.05) is 13.2 Å². The van der Waals surface area contributed by atoms with Gasteiger partial charge in [-0.25, -0.2) is 0 Å². The van der Waals surface area contributed by atoms with Gasteiger partial charge >= 0.3 is 0 Å². The Morgan fingerprint density at radius 3 is 2.50 bits per heavy atom. The van der Waals surface area contributed by atoms with Gasteiger partial charge in [0.15, 0.2) is 0 Å². The van der Waals surface area contributed by atoms with Crippen molar-refractivity contribution in [2.24, 2.45) is 11.7 Å². The minimum Gasteiger partial charge on any atom is -0.381 e. The number of ether oxygens (including phenoxy) is 1. The van der Waals surface area contributed by atoms with Gasteiger partial charge in [-0.15, -0.1) is 0 Å². The third-order valence-corrected chi connectivity index (χ3v) is 3.11. The maximum Gasteiger partial charge on any atom is 0.223 e. The molecule has 2 aliphatic rings. The Labute approximate surface area is 84.2 Å². The normalized spacial score (nSPS) is 33.5. The zero-order valence-corrected chi connectivity index (χ0v) is 8.37. The number of nitrogens with one attached hydrogen (secondary N) is 1. The van der Waals surface area contributed by atoms with Gasteiger partial charge in [-0.1, -0.05) is 0 Å². The average Bonchev–Trinajstić information content (AvgIpc) is 2.17. The van der Waals surface area contributed by atoms with Gasteiger partial charge in [0.2, 0.25) is 5.91 Å². The fourth-order valence-corrected chi connectivity index (χ4v) is 2.06. The first-order valence-corrected chi connectivity index (χ1v) is 5.39. The summed E-state index contributed by atoms with van der Waals surface area (Å²) >= 11 is 0. The standard InChI is InChI=1S/C10H18N2O2/c11-8-5-9(6-8)12-10(13)7-1-3-14-4-2-7/h7-9H,1-6,11H2,(H,12,13). The first-order chi connectivity index (χ1) is 6.75. The van der Waals surface area contributed by atoms with Crippen molar-refractivity contribution in [2.45, 2.75) is 37.8 Å². The van der Waals surface area contributed by atoms with E-state index in [0.717, 1.165) is 38.9 Å². The van der Waals surface area contributed by atoms with Crippen molar-refractivity contribution in [3.63, 3.8) is 0 Å². The van der Waals surface area contributed by atoms with Crippen molar-refractivity contribution in [1.82, 2.24) is 5.32 Å². The minimum atomic E-state index is 0.167. The third-order valence-electron chi connectivity index (χ3n) is 3.11. The summed E-state index contributed by atoms with van der Waals surface area (Å²) in [5.74, 6) is 0.366. The van der Waals surface area contributed by atoms with Gasteiger partial charge in [-0.05, 0) is 25.7 Å². The van der Waals surface area contributed by atoms with E-state index < -0.39 is 0 Å². The van der Waals surface area contributed by atoms with E-state index in [0.29, 0.717) is 12.1 Å². The maximum atomic E-state index is 11.7. The predicted molar refractivity (Wildman–Crippen MR) is 52.7 cm³/mol. The molecule has 4 heteroatoms. The Hall–Kier alpha value is -0.610. The molecule has 14 heavy (non-hydrogen) atoms. The third kappa shape index (κ3) is 2.25. The molecule has 2 fully saturated rings. The second-order valence-corrected chi connectivity index (χ2v) is 4.32. The molecule has 1 heterocycles. The number of hydrogen-bond donors (Lipinski definition) is 2. The summed E-state index contributed by atoms with van der Waals surface area (Å²) in [5, 5.41) is 3.04. The zero-order valence-electron chi connectivity index (χ0n) is 8.37. The van der Waals surface area contributed by atoms with Gasteiger partial charge in [-0.3, -0.25) is 4.79 Å². The molecule has 2 rings (SSSR count). The highest BCUT2D eigenvalue weighted by molar-refractivity contribution is 5.79. The molecule has 0 aromatic carbocycles. The quantitative estimate of drug-likeness (QED) is 0.657. The molecule has 1 amide bonds. The molecule has 1 saturated heterocycles. The van der Waals surface area contributed by atoms with E-state index in [1.54, 1.807) is 0 Å². The smallest absolute Gasteiger partial charge is 0.223 e. The van der Waals surface area contributed by atoms with Gasteiger partial charge in [0.05, 0.1) is 0 Å². The lowest BCUT2D eigenvalue weighted by Gasteiger charge is -2.34. The largest absolute Gasteiger partial charge is 0.381 e. The van der Waals surface area contributed by atoms with Crippen LogP contribution in [-0.4, -0.2) is 31.2 Å². The van der Waals surface area contributed by atoms with Gasteiger partial charge < -0.3 is 15.8 Å². The molecular formula is C10H18N2O2. The van der Waals surface area contributed by atoms with Crippen LogP contribution in [0.4, 0.5) is 0 Å². The highest BCUT2D eigenvalue weighted by atomic mass is 16.5. The molecule has 1 aliphatic carbocycles. The molecule has 0 aromatic heterocycles. The summed E-state index contributed by atoms with van der Waals surface area (Å²) in [4.78, 5) is 11.7. The molecule has 0 bridgehead atoms. The number of carbonyl (C=O) groups excluding carboxylic acids is 1. The van der Waals surface area contributed by atoms with Crippen molar-refractivity contribution in [1.29, 1.82) is 0 Å². The fourth-order valence-electron chi connectivity index (χ4n) is 2.06. The van der Waals surface area contributed by atoms with E-state index in [-0.39, 0.29) is 11.8 Å². The predicted octanol–water partition coefficient (Wildman–Crippen LogP) is 0.0189. The number of carbonyl (C=O) groups is 1. The van der Waals surface area contributed by atoms with E-state index in [1.165, 1.54) is 0 Å². The molecule has 1 aliphatic heterocycles. The van der Waals surface area contributed by atoms with Crippen LogP contribution in [0.25, 0.3) is 0 Å². The van der Waals surface area contributed by atoms with E-state index in [1.807, 2.05) is 0 Å². The van der Waals surface area contributed by atoms with Crippen molar-refractivity contribution in [3.8, 4) is 0 Å². The first-order valence-electron chi connectivity index (χ1n) is 5.39. The second-order valence-electron chi connectivity index (χ2n) is 4.32. The summed E-state index contributed by atoms with van der Waals surface area (Å²) in [6.07, 6.45) is 3.61. The lowest BCUT2D eigenvalue weighted by molar-refractivity contribution is -0.129. The first kappa shape index (κ1) is 9.93. The Kier molecular flexibility index (Phi) is 3.03. The SMILES string of the molecule is NC1CC(NC(=O)C2CCOCC2)C1. The molecule has 0 atom stereocenters. The van der Waals surface area contributed by atoms with Crippen molar-refractivity contribution < 1.29 is 9.53 Å². The van der Waals surface area contributed by atoms with Crippen LogP contribution in [0, 0.1) is 5.92 Å². The van der Waals surface area contributed by atoms with Crippen LogP contribution in [0.1, 0.15) is 25.7 Å². The van der Waals surface area contributed by atoms with Crippen LogP contribution in [-0.2, 0) is 9.53 Å². The summed E-state index contributed by atoms with van der Waals surface area (Å²) in [5.41, 5.74) is 5.65. The number of hydrogen-bond acceptors (Lipinski definition) is 3. The molecular weight excluding hydrogens is 180 g/mol. The highest BCUT2D eigenvalue weighted by Gasteiger charge is 2.30. The van der Waals surface area contributed by atoms with Gasteiger partial charge in [0.1, 0.15) is 0 Å². The fraction of sp³-hybridized carbons (Fsp3) is 0.900. The summed E-state index contributed by atoms with van der Waals surface area (Å²) in [6, 6.07) is 0.635. The molecule has 1 saturated carbocycles. The molecule has 0 unspecified atom stereocenters. The minimum absolute atomic E-state index is 0.167. The second kappa shape index (κ2) is 4.28. The maximum absolute atomic E-state index is 11.7. The van der Waals surface area contributed by atoms with E-state index in [4.69, 9.17) is 10.5 Å². The molecule has 80 valence electrons. The Morgan fingerprint density at radius 2 is 1.93 bits per heavy atom. The van der Waals surface area contributed by atoms with Crippen LogP contribution in [0.3, 0.4) is 0 Å². The average molecular weight is 198 g/mol. The van der Waals surface area contributed by atoms with Crippen molar-refractivity contribution in [3.05, 3.63) is 0 Å². The van der Waals surface area contributed by atoms with E-state index >= 15 is 0 Å². The van der Waals surface area contributed by atoms with Crippen LogP contribution in [0.15, 0.2) is 0 Å². The summed E-state index contributed by atoms with van der Waals surface area (Å²) in [6.45, 7) is 1.45. The topological polar surface area (TPSA) is 64.3 Å². The van der Waals surface area contributed by atoms with Gasteiger partial charge in [-0.2, -0.15) is 0 Å². The lowest BCUT2D eigenvalue weighted by Crippen LogP contribution is -2.52. The molecule has 3 N–H and O–H groups in total. The van der Waals surface area contributed by atoms with Crippen LogP contribution in [0.2, 0.25) is 0 Å². The van der Waals surface area contributed by atoms with Crippen LogP contribution < -0.4 is 11.1 Å². The molecule has 0 aromatic rings.